The summed E-state index contributed by atoms with van der Waals surface area (Å²) >= 11 is 0. The molecule has 0 saturated carbocycles. The third kappa shape index (κ3) is 3.22. The van der Waals surface area contributed by atoms with Crippen LogP contribution in [0, 0.1) is 0 Å². The van der Waals surface area contributed by atoms with E-state index in [1.165, 1.54) is 0 Å². The Hall–Kier alpha value is -1.51. The zero-order valence-electron chi connectivity index (χ0n) is 11.1. The van der Waals surface area contributed by atoms with Gasteiger partial charge in [0.05, 0.1) is 13.2 Å². The van der Waals surface area contributed by atoms with Crippen LogP contribution in [-0.4, -0.2) is 25.0 Å². The first-order valence-electron chi connectivity index (χ1n) is 6.00. The average molecular weight is 235 g/mol. The first-order valence-corrected chi connectivity index (χ1v) is 6.00. The van der Waals surface area contributed by atoms with E-state index in [9.17, 15) is 4.79 Å². The van der Waals surface area contributed by atoms with Gasteiger partial charge in [0.25, 0.3) is 0 Å². The average Bonchev–Trinajstić information content (AvgIpc) is 2.37. The highest BCUT2D eigenvalue weighted by molar-refractivity contribution is 5.76. The number of nitrogens with zero attached hydrogens (tertiary/aromatic N) is 1. The molecule has 0 heterocycles. The van der Waals surface area contributed by atoms with Crippen LogP contribution in [0.1, 0.15) is 38.3 Å². The van der Waals surface area contributed by atoms with Gasteiger partial charge in [-0.2, -0.15) is 0 Å². The third-order valence-electron chi connectivity index (χ3n) is 3.03. The standard InChI is InChI=1S/C14H21NO2/c1-5-8-14(16)15(3)11(2)12-9-6-7-10-13(12)17-4/h6-7,9-11H,5,8H2,1-4H3. The van der Waals surface area contributed by atoms with Crippen molar-refractivity contribution >= 4 is 5.91 Å². The summed E-state index contributed by atoms with van der Waals surface area (Å²) in [5, 5.41) is 0. The molecule has 0 saturated heterocycles. The van der Waals surface area contributed by atoms with Gasteiger partial charge in [-0.15, -0.1) is 0 Å². The van der Waals surface area contributed by atoms with Crippen LogP contribution in [0.25, 0.3) is 0 Å². The van der Waals surface area contributed by atoms with Crippen molar-refractivity contribution in [3.63, 3.8) is 0 Å². The number of carbonyl (C=O) groups is 1. The predicted molar refractivity (Wildman–Crippen MR) is 69.1 cm³/mol. The lowest BCUT2D eigenvalue weighted by Gasteiger charge is -2.26. The topological polar surface area (TPSA) is 29.5 Å². The number of carbonyl (C=O) groups excluding carboxylic acids is 1. The Labute approximate surface area is 103 Å². The maximum absolute atomic E-state index is 11.8. The van der Waals surface area contributed by atoms with Gasteiger partial charge >= 0.3 is 0 Å². The van der Waals surface area contributed by atoms with Gasteiger partial charge in [-0.1, -0.05) is 25.1 Å². The Kier molecular flexibility index (Phi) is 5.01. The molecule has 1 unspecified atom stereocenters. The fourth-order valence-electron chi connectivity index (χ4n) is 1.83. The molecule has 3 heteroatoms. The van der Waals surface area contributed by atoms with E-state index in [0.29, 0.717) is 6.42 Å². The van der Waals surface area contributed by atoms with E-state index in [1.807, 2.05) is 45.2 Å². The SMILES string of the molecule is CCCC(=O)N(C)C(C)c1ccccc1OC. The van der Waals surface area contributed by atoms with Gasteiger partial charge in [0.15, 0.2) is 0 Å². The second-order valence-electron chi connectivity index (χ2n) is 4.17. The number of para-hydroxylation sites is 1. The molecule has 0 radical (unpaired) electrons. The Balaban J connectivity index is 2.88. The third-order valence-corrected chi connectivity index (χ3v) is 3.03. The molecule has 17 heavy (non-hydrogen) atoms. The molecule has 1 amide bonds. The number of ether oxygens (including phenoxy) is 1. The number of rotatable bonds is 5. The Bertz CT molecular complexity index is 376. The zero-order chi connectivity index (χ0) is 12.8. The summed E-state index contributed by atoms with van der Waals surface area (Å²) in [6.45, 7) is 4.03. The summed E-state index contributed by atoms with van der Waals surface area (Å²) in [6, 6.07) is 7.85. The van der Waals surface area contributed by atoms with Crippen molar-refractivity contribution in [2.45, 2.75) is 32.7 Å². The number of hydrogen-bond donors (Lipinski definition) is 0. The smallest absolute Gasteiger partial charge is 0.222 e. The van der Waals surface area contributed by atoms with Crippen LogP contribution >= 0.6 is 0 Å². The molecule has 0 bridgehead atoms. The monoisotopic (exact) mass is 235 g/mol. The number of hydrogen-bond acceptors (Lipinski definition) is 2. The zero-order valence-corrected chi connectivity index (χ0v) is 11.1. The van der Waals surface area contributed by atoms with E-state index in [4.69, 9.17) is 4.74 Å². The minimum Gasteiger partial charge on any atom is -0.496 e. The molecule has 0 aliphatic heterocycles. The van der Waals surface area contributed by atoms with E-state index in [2.05, 4.69) is 0 Å². The predicted octanol–water partition coefficient (Wildman–Crippen LogP) is 3.01. The lowest BCUT2D eigenvalue weighted by molar-refractivity contribution is -0.131. The maximum atomic E-state index is 11.8. The van der Waals surface area contributed by atoms with Crippen LogP contribution in [0.3, 0.4) is 0 Å². The fourth-order valence-corrected chi connectivity index (χ4v) is 1.83. The molecule has 1 rings (SSSR count). The van der Waals surface area contributed by atoms with Gasteiger partial charge in [0.2, 0.25) is 5.91 Å². The van der Waals surface area contributed by atoms with Gasteiger partial charge in [-0.3, -0.25) is 4.79 Å². The summed E-state index contributed by atoms with van der Waals surface area (Å²) in [7, 11) is 3.49. The molecule has 0 fully saturated rings. The molecule has 1 aromatic rings. The normalized spacial score (nSPS) is 12.0. The molecule has 94 valence electrons. The van der Waals surface area contributed by atoms with Crippen LogP contribution < -0.4 is 4.74 Å². The van der Waals surface area contributed by atoms with Crippen molar-refractivity contribution in [3.05, 3.63) is 29.8 Å². The molecule has 0 aliphatic carbocycles. The van der Waals surface area contributed by atoms with Crippen molar-refractivity contribution < 1.29 is 9.53 Å². The van der Waals surface area contributed by atoms with Gasteiger partial charge < -0.3 is 9.64 Å². The minimum absolute atomic E-state index is 0.0326. The van der Waals surface area contributed by atoms with Crippen LogP contribution in [0.4, 0.5) is 0 Å². The molecule has 0 spiro atoms. The van der Waals surface area contributed by atoms with Crippen molar-refractivity contribution in [2.75, 3.05) is 14.2 Å². The van der Waals surface area contributed by atoms with Crippen LogP contribution in [0.2, 0.25) is 0 Å². The molecule has 0 aliphatic rings. The van der Waals surface area contributed by atoms with Gasteiger partial charge in [0, 0.05) is 19.0 Å². The van der Waals surface area contributed by atoms with Crippen molar-refractivity contribution in [3.8, 4) is 5.75 Å². The molecule has 1 aromatic carbocycles. The molecule has 0 aromatic heterocycles. The lowest BCUT2D eigenvalue weighted by atomic mass is 10.1. The maximum Gasteiger partial charge on any atom is 0.222 e. The number of benzene rings is 1. The van der Waals surface area contributed by atoms with Crippen molar-refractivity contribution in [1.82, 2.24) is 4.90 Å². The Morgan fingerprint density at radius 1 is 1.41 bits per heavy atom. The first-order chi connectivity index (χ1) is 8.11. The van der Waals surface area contributed by atoms with Gasteiger partial charge in [-0.25, -0.2) is 0 Å². The van der Waals surface area contributed by atoms with Crippen molar-refractivity contribution in [2.24, 2.45) is 0 Å². The summed E-state index contributed by atoms with van der Waals surface area (Å²) < 4.78 is 5.32. The minimum atomic E-state index is 0.0326. The summed E-state index contributed by atoms with van der Waals surface area (Å²) in [5.74, 6) is 1.00. The van der Waals surface area contributed by atoms with E-state index in [0.717, 1.165) is 17.7 Å². The second-order valence-corrected chi connectivity index (χ2v) is 4.17. The van der Waals surface area contributed by atoms with Crippen LogP contribution in [-0.2, 0) is 4.79 Å². The highest BCUT2D eigenvalue weighted by Crippen LogP contribution is 2.28. The van der Waals surface area contributed by atoms with E-state index in [1.54, 1.807) is 12.0 Å². The Morgan fingerprint density at radius 3 is 2.65 bits per heavy atom. The van der Waals surface area contributed by atoms with Gasteiger partial charge in [-0.05, 0) is 19.4 Å². The molecular formula is C14H21NO2. The largest absolute Gasteiger partial charge is 0.496 e. The van der Waals surface area contributed by atoms with Crippen LogP contribution in [0.15, 0.2) is 24.3 Å². The summed E-state index contributed by atoms with van der Waals surface area (Å²) in [5.41, 5.74) is 1.04. The molecule has 1 atom stereocenters. The summed E-state index contributed by atoms with van der Waals surface area (Å²) in [4.78, 5) is 13.6. The lowest BCUT2D eigenvalue weighted by Crippen LogP contribution is -2.29. The molecule has 0 N–H and O–H groups in total. The highest BCUT2D eigenvalue weighted by Gasteiger charge is 2.19. The Morgan fingerprint density at radius 2 is 2.06 bits per heavy atom. The van der Waals surface area contributed by atoms with E-state index >= 15 is 0 Å². The summed E-state index contributed by atoms with van der Waals surface area (Å²) in [6.07, 6.45) is 1.47. The fraction of sp³-hybridized carbons (Fsp3) is 0.500. The molecular weight excluding hydrogens is 214 g/mol. The van der Waals surface area contributed by atoms with Crippen molar-refractivity contribution in [1.29, 1.82) is 0 Å². The van der Waals surface area contributed by atoms with E-state index < -0.39 is 0 Å². The van der Waals surface area contributed by atoms with E-state index in [-0.39, 0.29) is 11.9 Å². The highest BCUT2D eigenvalue weighted by atomic mass is 16.5. The number of amides is 1. The quantitative estimate of drug-likeness (QED) is 0.785. The van der Waals surface area contributed by atoms with Crippen LogP contribution in [0.5, 0.6) is 5.75 Å². The molecule has 3 nitrogen and oxygen atoms in total. The second kappa shape index (κ2) is 6.28. The first kappa shape index (κ1) is 13.6. The number of methoxy groups -OCH3 is 1. The van der Waals surface area contributed by atoms with Gasteiger partial charge in [0.1, 0.15) is 5.75 Å².